The van der Waals surface area contributed by atoms with Gasteiger partial charge in [0.25, 0.3) is 0 Å². The zero-order chi connectivity index (χ0) is 26.6. The van der Waals surface area contributed by atoms with Crippen molar-refractivity contribution >= 4 is 17.7 Å². The molecule has 8 heteroatoms. The minimum absolute atomic E-state index is 0.0364. The summed E-state index contributed by atoms with van der Waals surface area (Å²) in [6.45, 7) is 15.0. The molecule has 7 atom stereocenters. The molecule has 200 valence electrons. The number of aliphatic hydroxyl groups is 1. The predicted octanol–water partition coefficient (Wildman–Crippen LogP) is 2.37. The summed E-state index contributed by atoms with van der Waals surface area (Å²) < 4.78 is 6.85. The van der Waals surface area contributed by atoms with Crippen LogP contribution < -0.4 is 0 Å². The van der Waals surface area contributed by atoms with Gasteiger partial charge in [0.1, 0.15) is 11.6 Å². The highest BCUT2D eigenvalue weighted by molar-refractivity contribution is 6.00. The third kappa shape index (κ3) is 3.83. The van der Waals surface area contributed by atoms with Crippen molar-refractivity contribution in [3.05, 3.63) is 24.3 Å². The Bertz CT molecular complexity index is 971. The molecule has 0 aromatic heterocycles. The Balaban J connectivity index is 1.92. The first-order chi connectivity index (χ1) is 16.9. The largest absolute Gasteiger partial charge is 0.394 e. The van der Waals surface area contributed by atoms with E-state index in [4.69, 9.17) is 4.74 Å². The second kappa shape index (κ2) is 9.28. The number of amides is 3. The van der Waals surface area contributed by atoms with Gasteiger partial charge in [-0.3, -0.25) is 14.4 Å². The average Bonchev–Trinajstić information content (AvgIpc) is 3.07. The van der Waals surface area contributed by atoms with Gasteiger partial charge in [-0.05, 0) is 40.0 Å². The predicted molar refractivity (Wildman–Crippen MR) is 137 cm³/mol. The molecular weight excluding hydrogens is 458 g/mol. The van der Waals surface area contributed by atoms with Crippen molar-refractivity contribution in [2.24, 2.45) is 17.8 Å². The maximum absolute atomic E-state index is 14.4. The van der Waals surface area contributed by atoms with Crippen molar-refractivity contribution in [2.45, 2.75) is 90.1 Å². The molecule has 0 radical (unpaired) electrons. The van der Waals surface area contributed by atoms with Crippen molar-refractivity contribution in [2.75, 3.05) is 26.2 Å². The zero-order valence-corrected chi connectivity index (χ0v) is 22.9. The molecule has 8 nitrogen and oxygen atoms in total. The number of aliphatic hydroxyl groups excluding tert-OH is 1. The maximum atomic E-state index is 14.4. The molecule has 0 aromatic rings. The lowest BCUT2D eigenvalue weighted by Gasteiger charge is -2.44. The quantitative estimate of drug-likeness (QED) is 0.565. The molecule has 4 aliphatic rings. The number of likely N-dealkylation sites (tertiary alicyclic amines) is 1. The molecule has 1 N–H and O–H groups in total. The summed E-state index contributed by atoms with van der Waals surface area (Å²) >= 11 is 0. The van der Waals surface area contributed by atoms with E-state index in [0.29, 0.717) is 19.6 Å². The summed E-state index contributed by atoms with van der Waals surface area (Å²) in [6.07, 6.45) is 9.19. The molecule has 4 aliphatic heterocycles. The molecule has 4 rings (SSSR count). The van der Waals surface area contributed by atoms with E-state index in [2.05, 4.69) is 0 Å². The Hall–Kier alpha value is -2.19. The minimum Gasteiger partial charge on any atom is -0.394 e. The number of hydrogen-bond donors (Lipinski definition) is 1. The van der Waals surface area contributed by atoms with Crippen molar-refractivity contribution < 1.29 is 24.2 Å². The van der Waals surface area contributed by atoms with Crippen LogP contribution in [0.2, 0.25) is 0 Å². The monoisotopic (exact) mass is 501 g/mol. The molecule has 0 bridgehead atoms. The maximum Gasteiger partial charge on any atom is 0.249 e. The molecule has 36 heavy (non-hydrogen) atoms. The first kappa shape index (κ1) is 26.9. The molecule has 3 amide bonds. The summed E-state index contributed by atoms with van der Waals surface area (Å²) in [4.78, 5) is 47.9. The van der Waals surface area contributed by atoms with Gasteiger partial charge in [-0.15, -0.1) is 0 Å². The lowest BCUT2D eigenvalue weighted by Crippen LogP contribution is -2.62. The smallest absolute Gasteiger partial charge is 0.249 e. The molecule has 2 saturated heterocycles. The normalized spacial score (nSPS) is 35.9. The van der Waals surface area contributed by atoms with E-state index in [1.54, 1.807) is 14.7 Å². The Morgan fingerprint density at radius 3 is 2.31 bits per heavy atom. The zero-order valence-electron chi connectivity index (χ0n) is 22.9. The van der Waals surface area contributed by atoms with Gasteiger partial charge in [0.2, 0.25) is 17.7 Å². The van der Waals surface area contributed by atoms with Crippen molar-refractivity contribution in [3.63, 3.8) is 0 Å². The first-order valence-electron chi connectivity index (χ1n) is 13.5. The van der Waals surface area contributed by atoms with Gasteiger partial charge in [-0.25, -0.2) is 0 Å². The average molecular weight is 502 g/mol. The molecule has 1 spiro atoms. The highest BCUT2D eigenvalue weighted by atomic mass is 16.5. The van der Waals surface area contributed by atoms with Crippen LogP contribution in [0.4, 0.5) is 0 Å². The molecule has 0 aromatic carbocycles. The van der Waals surface area contributed by atoms with Crippen molar-refractivity contribution in [1.82, 2.24) is 14.7 Å². The van der Waals surface area contributed by atoms with Crippen LogP contribution in [0.25, 0.3) is 0 Å². The number of fused-ring (bicyclic) bond motifs is 2. The van der Waals surface area contributed by atoms with Crippen molar-refractivity contribution in [3.8, 4) is 0 Å². The van der Waals surface area contributed by atoms with E-state index in [1.165, 1.54) is 0 Å². The van der Waals surface area contributed by atoms with Gasteiger partial charge < -0.3 is 24.5 Å². The van der Waals surface area contributed by atoms with Crippen LogP contribution in [0, 0.1) is 17.8 Å². The first-order valence-corrected chi connectivity index (χ1v) is 13.5. The van der Waals surface area contributed by atoms with Crippen LogP contribution in [-0.2, 0) is 19.1 Å². The molecule has 0 aliphatic carbocycles. The molecule has 2 fully saturated rings. The second-order valence-electron chi connectivity index (χ2n) is 12.1. The summed E-state index contributed by atoms with van der Waals surface area (Å²) in [6, 6.07) is -1.51. The van der Waals surface area contributed by atoms with Crippen molar-refractivity contribution in [1.29, 1.82) is 0 Å². The van der Waals surface area contributed by atoms with E-state index in [-0.39, 0.29) is 30.2 Å². The third-order valence-electron chi connectivity index (χ3n) is 8.73. The Morgan fingerprint density at radius 2 is 1.72 bits per heavy atom. The Morgan fingerprint density at radius 1 is 1.06 bits per heavy atom. The van der Waals surface area contributed by atoms with Crippen LogP contribution in [0.15, 0.2) is 24.3 Å². The molecule has 4 heterocycles. The second-order valence-corrected chi connectivity index (χ2v) is 12.1. The van der Waals surface area contributed by atoms with Gasteiger partial charge in [-0.2, -0.15) is 0 Å². The number of carbonyl (C=O) groups excluding carboxylic acids is 3. The van der Waals surface area contributed by atoms with E-state index in [9.17, 15) is 19.5 Å². The fraction of sp³-hybridized carbons (Fsp3) is 0.750. The summed E-state index contributed by atoms with van der Waals surface area (Å²) in [5, 5.41) is 10.5. The number of rotatable bonds is 6. The SMILES string of the molecule is CCCN1CC=C[C@@]2(C)O[C@]34C=CCN(C(C)(C)C)C(=O)C3N([C@@H](CO)[C@@H](C)CC)C(=O)[C@@H]4[C@H]2C1=O. The van der Waals surface area contributed by atoms with Crippen LogP contribution in [0.5, 0.6) is 0 Å². The standard InChI is InChI=1S/C28H43N3O5/c1-8-14-29-15-10-12-27(7)20(23(29)33)21-24(34)31(19(17-32)18(3)9-2)22-25(35)30(26(4,5)6)16-11-13-28(21,22)36-27/h10-13,18-22,32H,8-9,14-17H2,1-7H3/t18-,19-,20-,21-,22?,27+,28-/m0/s1. The van der Waals surface area contributed by atoms with Crippen LogP contribution >= 0.6 is 0 Å². The van der Waals surface area contributed by atoms with Gasteiger partial charge in [0.15, 0.2) is 0 Å². The van der Waals surface area contributed by atoms with E-state index in [0.717, 1.165) is 12.8 Å². The Labute approximate surface area is 215 Å². The van der Waals surface area contributed by atoms with Gasteiger partial charge in [0, 0.05) is 25.2 Å². The Kier molecular flexibility index (Phi) is 6.92. The fourth-order valence-electron chi connectivity index (χ4n) is 6.76. The van der Waals surface area contributed by atoms with E-state index >= 15 is 0 Å². The molecular formula is C28H43N3O5. The summed E-state index contributed by atoms with van der Waals surface area (Å²) in [7, 11) is 0. The number of nitrogens with zero attached hydrogens (tertiary/aromatic N) is 3. The van der Waals surface area contributed by atoms with Gasteiger partial charge >= 0.3 is 0 Å². The summed E-state index contributed by atoms with van der Waals surface area (Å²) in [5.41, 5.74) is -2.79. The summed E-state index contributed by atoms with van der Waals surface area (Å²) in [5.74, 6) is -2.22. The number of carbonyl (C=O) groups is 3. The molecule has 1 unspecified atom stereocenters. The van der Waals surface area contributed by atoms with Gasteiger partial charge in [0.05, 0.1) is 30.1 Å². The number of ether oxygens (including phenoxy) is 1. The highest BCUT2D eigenvalue weighted by Crippen LogP contribution is 2.58. The highest BCUT2D eigenvalue weighted by Gasteiger charge is 2.75. The van der Waals surface area contributed by atoms with E-state index in [1.807, 2.05) is 72.8 Å². The van der Waals surface area contributed by atoms with Crippen LogP contribution in [0.1, 0.15) is 61.3 Å². The minimum atomic E-state index is -1.29. The number of hydrogen-bond acceptors (Lipinski definition) is 5. The molecule has 0 saturated carbocycles. The van der Waals surface area contributed by atoms with Crippen LogP contribution in [-0.4, -0.2) is 92.6 Å². The fourth-order valence-corrected chi connectivity index (χ4v) is 6.76. The van der Waals surface area contributed by atoms with E-state index < -0.39 is 40.7 Å². The lowest BCUT2D eigenvalue weighted by molar-refractivity contribution is -0.159. The lowest BCUT2D eigenvalue weighted by atomic mass is 9.74. The topological polar surface area (TPSA) is 90.4 Å². The van der Waals surface area contributed by atoms with Crippen LogP contribution in [0.3, 0.4) is 0 Å². The third-order valence-corrected chi connectivity index (χ3v) is 8.73. The van der Waals surface area contributed by atoms with Gasteiger partial charge in [-0.1, -0.05) is 51.5 Å².